The monoisotopic (exact) mass is 216 g/mol. The summed E-state index contributed by atoms with van der Waals surface area (Å²) in [5, 5.41) is 9.92. The van der Waals surface area contributed by atoms with Crippen molar-refractivity contribution >= 4 is 0 Å². The summed E-state index contributed by atoms with van der Waals surface area (Å²) < 4.78 is 5.08. The van der Waals surface area contributed by atoms with Gasteiger partial charge >= 0.3 is 0 Å². The molecule has 2 rings (SSSR count). The van der Waals surface area contributed by atoms with Crippen molar-refractivity contribution < 1.29 is 9.84 Å². The lowest BCUT2D eigenvalue weighted by atomic mass is 9.98. The summed E-state index contributed by atoms with van der Waals surface area (Å²) in [6.07, 6.45) is 7.02. The highest BCUT2D eigenvalue weighted by molar-refractivity contribution is 5.37. The van der Waals surface area contributed by atoms with E-state index in [0.717, 1.165) is 17.7 Å². The largest absolute Gasteiger partial charge is 0.504 e. The van der Waals surface area contributed by atoms with Crippen LogP contribution in [0, 0.1) is 6.42 Å². The second kappa shape index (κ2) is 4.84. The number of hydrogen-bond donors (Lipinski definition) is 1. The molecule has 0 fully saturated rings. The van der Waals surface area contributed by atoms with E-state index in [2.05, 4.69) is 4.98 Å². The van der Waals surface area contributed by atoms with Crippen LogP contribution in [0.4, 0.5) is 0 Å². The first-order valence-electron chi connectivity index (χ1n) is 5.21. The van der Waals surface area contributed by atoms with E-state index in [1.54, 1.807) is 13.3 Å². The van der Waals surface area contributed by atoms with Crippen molar-refractivity contribution in [1.29, 1.82) is 0 Å². The highest BCUT2D eigenvalue weighted by atomic mass is 16.5. The van der Waals surface area contributed by atoms with E-state index >= 15 is 0 Å². The number of ether oxygens (including phenoxy) is 1. The van der Waals surface area contributed by atoms with Gasteiger partial charge in [0.25, 0.3) is 0 Å². The molecule has 0 saturated heterocycles. The van der Waals surface area contributed by atoms with Gasteiger partial charge in [0.2, 0.25) is 0 Å². The Morgan fingerprint density at radius 3 is 3.00 bits per heavy atom. The number of nitrogens with zero attached hydrogens (tertiary/aromatic N) is 1. The summed E-state index contributed by atoms with van der Waals surface area (Å²) in [5.41, 5.74) is 1.82. The minimum absolute atomic E-state index is 0.222. The Morgan fingerprint density at radius 1 is 1.44 bits per heavy atom. The maximum atomic E-state index is 9.92. The average molecular weight is 216 g/mol. The predicted octanol–water partition coefficient (Wildman–Crippen LogP) is 2.57. The molecule has 0 saturated carbocycles. The van der Waals surface area contributed by atoms with Crippen LogP contribution in [0.5, 0.6) is 0 Å². The first-order valence-corrected chi connectivity index (χ1v) is 5.21. The average Bonchev–Trinajstić information content (AvgIpc) is 2.33. The van der Waals surface area contributed by atoms with E-state index in [9.17, 15) is 5.11 Å². The van der Waals surface area contributed by atoms with E-state index in [1.165, 1.54) is 0 Å². The van der Waals surface area contributed by atoms with Crippen molar-refractivity contribution in [3.63, 3.8) is 0 Å². The van der Waals surface area contributed by atoms with Gasteiger partial charge in [-0.15, -0.1) is 0 Å². The molecule has 0 atom stereocenters. The fraction of sp³-hybridized carbons (Fsp3) is 0.231. The lowest BCUT2D eigenvalue weighted by Crippen LogP contribution is -2.06. The second-order valence-corrected chi connectivity index (χ2v) is 3.58. The molecule has 0 aromatic carbocycles. The summed E-state index contributed by atoms with van der Waals surface area (Å²) in [4.78, 5) is 4.23. The highest BCUT2D eigenvalue weighted by Gasteiger charge is 2.16. The van der Waals surface area contributed by atoms with Crippen molar-refractivity contribution in [2.45, 2.75) is 12.8 Å². The molecule has 0 spiro atoms. The van der Waals surface area contributed by atoms with Gasteiger partial charge in [-0.2, -0.15) is 0 Å². The van der Waals surface area contributed by atoms with Crippen LogP contribution in [0.2, 0.25) is 0 Å². The molecule has 1 aromatic rings. The number of methoxy groups -OCH3 is 1. The first kappa shape index (κ1) is 10.7. The van der Waals surface area contributed by atoms with Gasteiger partial charge in [-0.3, -0.25) is 4.98 Å². The van der Waals surface area contributed by atoms with Gasteiger partial charge in [-0.05, 0) is 36.6 Å². The second-order valence-electron chi connectivity index (χ2n) is 3.58. The fourth-order valence-electron chi connectivity index (χ4n) is 1.69. The Labute approximate surface area is 95.1 Å². The van der Waals surface area contributed by atoms with E-state index in [4.69, 9.17) is 4.74 Å². The van der Waals surface area contributed by atoms with Crippen molar-refractivity contribution in [2.75, 3.05) is 7.11 Å². The van der Waals surface area contributed by atoms with Crippen LogP contribution in [0.25, 0.3) is 0 Å². The van der Waals surface area contributed by atoms with E-state index in [-0.39, 0.29) is 5.76 Å². The zero-order valence-corrected chi connectivity index (χ0v) is 9.18. The topological polar surface area (TPSA) is 42.4 Å². The molecule has 1 aliphatic carbocycles. The minimum atomic E-state index is 0.222. The maximum absolute atomic E-state index is 9.92. The van der Waals surface area contributed by atoms with Gasteiger partial charge in [0.1, 0.15) is 0 Å². The Bertz CT molecular complexity index is 421. The number of aliphatic hydroxyl groups is 1. The Kier molecular flexibility index (Phi) is 3.25. The molecule has 1 N–H and O–H groups in total. The molecule has 0 amide bonds. The number of pyridine rings is 1. The van der Waals surface area contributed by atoms with Gasteiger partial charge in [0.05, 0.1) is 7.11 Å². The molecule has 0 bridgehead atoms. The zero-order chi connectivity index (χ0) is 11.4. The SMILES string of the molecule is COC1=CC[CH]C(Cc2ccccn2)=C1O. The Morgan fingerprint density at radius 2 is 2.31 bits per heavy atom. The molecular weight excluding hydrogens is 202 g/mol. The third kappa shape index (κ3) is 2.24. The van der Waals surface area contributed by atoms with Crippen LogP contribution in [0.1, 0.15) is 12.1 Å². The molecule has 1 aliphatic rings. The van der Waals surface area contributed by atoms with Crippen molar-refractivity contribution in [2.24, 2.45) is 0 Å². The Balaban J connectivity index is 2.19. The van der Waals surface area contributed by atoms with Gasteiger partial charge in [0, 0.05) is 18.3 Å². The number of hydrogen-bond acceptors (Lipinski definition) is 3. The van der Waals surface area contributed by atoms with Crippen LogP contribution < -0.4 is 0 Å². The van der Waals surface area contributed by atoms with Crippen molar-refractivity contribution in [3.8, 4) is 0 Å². The summed E-state index contributed by atoms with van der Waals surface area (Å²) >= 11 is 0. The quantitative estimate of drug-likeness (QED) is 0.844. The standard InChI is InChI=1S/C13H14NO2/c1-16-12-7-4-5-10(13(12)15)9-11-6-2-3-8-14-11/h2-3,5-8,15H,4,9H2,1H3. The molecule has 3 heteroatoms. The van der Waals surface area contributed by atoms with Gasteiger partial charge < -0.3 is 9.84 Å². The lowest BCUT2D eigenvalue weighted by Gasteiger charge is -2.16. The summed E-state index contributed by atoms with van der Waals surface area (Å²) in [6, 6.07) is 5.76. The first-order chi connectivity index (χ1) is 7.81. The third-order valence-electron chi connectivity index (χ3n) is 2.52. The molecule has 1 heterocycles. The molecule has 83 valence electrons. The van der Waals surface area contributed by atoms with Gasteiger partial charge in [0.15, 0.2) is 11.5 Å². The number of aliphatic hydroxyl groups excluding tert-OH is 1. The van der Waals surface area contributed by atoms with Crippen LogP contribution >= 0.6 is 0 Å². The minimum Gasteiger partial charge on any atom is -0.504 e. The van der Waals surface area contributed by atoms with Crippen LogP contribution in [0.3, 0.4) is 0 Å². The smallest absolute Gasteiger partial charge is 0.157 e. The van der Waals surface area contributed by atoms with Crippen LogP contribution in [0.15, 0.2) is 47.6 Å². The normalized spacial score (nSPS) is 15.9. The van der Waals surface area contributed by atoms with Crippen molar-refractivity contribution in [3.05, 3.63) is 59.7 Å². The predicted molar refractivity (Wildman–Crippen MR) is 61.6 cm³/mol. The Hall–Kier alpha value is -1.77. The molecule has 0 unspecified atom stereocenters. The molecule has 0 aliphatic heterocycles. The summed E-state index contributed by atoms with van der Waals surface area (Å²) in [5.74, 6) is 0.771. The molecule has 1 radical (unpaired) electrons. The van der Waals surface area contributed by atoms with Crippen molar-refractivity contribution in [1.82, 2.24) is 4.98 Å². The number of allylic oxidation sites excluding steroid dienone is 2. The van der Waals surface area contributed by atoms with Gasteiger partial charge in [-0.1, -0.05) is 6.07 Å². The summed E-state index contributed by atoms with van der Waals surface area (Å²) in [7, 11) is 1.56. The third-order valence-corrected chi connectivity index (χ3v) is 2.52. The lowest BCUT2D eigenvalue weighted by molar-refractivity contribution is 0.250. The molecule has 16 heavy (non-hydrogen) atoms. The van der Waals surface area contributed by atoms with E-state index in [1.807, 2.05) is 30.7 Å². The maximum Gasteiger partial charge on any atom is 0.157 e. The molecule has 3 nitrogen and oxygen atoms in total. The van der Waals surface area contributed by atoms with Gasteiger partial charge in [-0.25, -0.2) is 0 Å². The number of rotatable bonds is 3. The number of aromatic nitrogens is 1. The zero-order valence-electron chi connectivity index (χ0n) is 9.18. The van der Waals surface area contributed by atoms with Crippen LogP contribution in [-0.2, 0) is 11.2 Å². The highest BCUT2D eigenvalue weighted by Crippen LogP contribution is 2.25. The molecular formula is C13H14NO2. The fourth-order valence-corrected chi connectivity index (χ4v) is 1.69. The summed E-state index contributed by atoms with van der Waals surface area (Å²) in [6.45, 7) is 0. The van der Waals surface area contributed by atoms with Crippen LogP contribution in [-0.4, -0.2) is 17.2 Å². The molecule has 1 aromatic heterocycles. The van der Waals surface area contributed by atoms with E-state index < -0.39 is 0 Å². The van der Waals surface area contributed by atoms with E-state index in [0.29, 0.717) is 12.2 Å².